The summed E-state index contributed by atoms with van der Waals surface area (Å²) in [4.78, 5) is 12.1. The number of aromatic nitrogens is 2. The van der Waals surface area contributed by atoms with Crippen LogP contribution in [0.5, 0.6) is 5.75 Å². The van der Waals surface area contributed by atoms with E-state index in [4.69, 9.17) is 16.3 Å². The summed E-state index contributed by atoms with van der Waals surface area (Å²) in [5.74, 6) is 6.62. The molecule has 3 aliphatic carbocycles. The fraction of sp³-hybridized carbons (Fsp3) is 0.438. The molecular weight excluding hydrogens is 502 g/mol. The maximum atomic E-state index is 12.1. The number of nitrogens with two attached hydrogens (primary N) is 2. The number of hydrogen-bond donors (Lipinski definition) is 3. The third-order valence-electron chi connectivity index (χ3n) is 8.77. The van der Waals surface area contributed by atoms with Crippen molar-refractivity contribution in [2.24, 2.45) is 23.4 Å². The Morgan fingerprint density at radius 3 is 2.55 bits per heavy atom. The molecule has 8 heteroatoms. The minimum atomic E-state index is -0.985. The number of benzene rings is 2. The van der Waals surface area contributed by atoms with Gasteiger partial charge < -0.3 is 20.6 Å². The molecule has 0 radical (unpaired) electrons. The van der Waals surface area contributed by atoms with Crippen molar-refractivity contribution in [2.45, 2.75) is 76.4 Å². The van der Waals surface area contributed by atoms with Gasteiger partial charge in [0.05, 0.1) is 23.7 Å². The zero-order valence-electron chi connectivity index (χ0n) is 23.1. The first-order chi connectivity index (χ1) is 19.4. The van der Waals surface area contributed by atoms with Crippen molar-refractivity contribution >= 4 is 5.97 Å². The lowest BCUT2D eigenvalue weighted by molar-refractivity contribution is 0.0695. The number of allylic oxidation sites excluding steroid dienone is 1. The lowest BCUT2D eigenvalue weighted by Gasteiger charge is -2.28. The summed E-state index contributed by atoms with van der Waals surface area (Å²) >= 11 is 0. The van der Waals surface area contributed by atoms with Crippen molar-refractivity contribution in [1.82, 2.24) is 14.8 Å². The second-order valence-corrected chi connectivity index (χ2v) is 11.7. The zero-order chi connectivity index (χ0) is 27.8. The maximum Gasteiger partial charge on any atom is 0.339 e. The Labute approximate surface area is 235 Å². The lowest BCUT2D eigenvalue weighted by Crippen LogP contribution is -2.29. The first kappa shape index (κ1) is 26.4. The van der Waals surface area contributed by atoms with Crippen LogP contribution in [0.2, 0.25) is 0 Å². The van der Waals surface area contributed by atoms with Gasteiger partial charge in [-0.1, -0.05) is 43.5 Å². The number of nitrogens with zero attached hydrogens (tertiary/aromatic N) is 3. The average molecular weight is 542 g/mol. The first-order valence-electron chi connectivity index (χ1n) is 14.6. The van der Waals surface area contributed by atoms with E-state index in [1.54, 1.807) is 9.69 Å². The third-order valence-corrected chi connectivity index (χ3v) is 8.77. The molecule has 1 aromatic heterocycles. The van der Waals surface area contributed by atoms with Crippen molar-refractivity contribution < 1.29 is 14.6 Å². The van der Waals surface area contributed by atoms with E-state index in [2.05, 4.69) is 36.3 Å². The predicted molar refractivity (Wildman–Crippen MR) is 155 cm³/mol. The Balaban J connectivity index is 1.25. The van der Waals surface area contributed by atoms with Crippen LogP contribution < -0.4 is 16.3 Å². The number of aromatic carboxylic acids is 1. The molecule has 0 spiro atoms. The van der Waals surface area contributed by atoms with Gasteiger partial charge in [0.15, 0.2) is 0 Å². The summed E-state index contributed by atoms with van der Waals surface area (Å²) in [6.07, 6.45) is 12.8. The van der Waals surface area contributed by atoms with Gasteiger partial charge in [-0.2, -0.15) is 5.10 Å². The van der Waals surface area contributed by atoms with Crippen LogP contribution >= 0.6 is 0 Å². The minimum Gasteiger partial charge on any atom is -0.490 e. The lowest BCUT2D eigenvalue weighted by atomic mass is 9.86. The fourth-order valence-corrected chi connectivity index (χ4v) is 6.18. The van der Waals surface area contributed by atoms with E-state index < -0.39 is 5.97 Å². The smallest absolute Gasteiger partial charge is 0.339 e. The molecule has 3 atom stereocenters. The molecule has 3 aromatic rings. The zero-order valence-corrected chi connectivity index (χ0v) is 23.1. The van der Waals surface area contributed by atoms with Gasteiger partial charge in [-0.05, 0) is 80.3 Å². The highest BCUT2D eigenvalue weighted by atomic mass is 16.5. The Kier molecular flexibility index (Phi) is 7.27. The van der Waals surface area contributed by atoms with Crippen LogP contribution in [0.1, 0.15) is 80.3 Å². The van der Waals surface area contributed by atoms with Crippen LogP contribution in [-0.4, -0.2) is 38.0 Å². The van der Waals surface area contributed by atoms with Gasteiger partial charge in [0, 0.05) is 29.8 Å². The van der Waals surface area contributed by atoms with E-state index in [-0.39, 0.29) is 23.5 Å². The maximum absolute atomic E-state index is 12.1. The molecule has 1 heterocycles. The van der Waals surface area contributed by atoms with Crippen LogP contribution in [0.25, 0.3) is 16.8 Å². The summed E-state index contributed by atoms with van der Waals surface area (Å²) < 4.78 is 8.15. The highest BCUT2D eigenvalue weighted by Gasteiger charge is 2.45. The van der Waals surface area contributed by atoms with E-state index in [0.29, 0.717) is 23.4 Å². The minimum absolute atomic E-state index is 0.0286. The quantitative estimate of drug-likeness (QED) is 0.218. The number of carbonyl (C=O) groups is 1. The van der Waals surface area contributed by atoms with E-state index >= 15 is 0 Å². The Bertz CT molecular complexity index is 1410. The molecule has 0 aliphatic heterocycles. The number of hydrazine groups is 1. The molecule has 0 bridgehead atoms. The van der Waals surface area contributed by atoms with Crippen molar-refractivity contribution in [1.29, 1.82) is 0 Å². The molecule has 3 saturated carbocycles. The van der Waals surface area contributed by atoms with E-state index in [9.17, 15) is 9.90 Å². The molecule has 8 nitrogen and oxygen atoms in total. The molecule has 40 heavy (non-hydrogen) atoms. The first-order valence-corrected chi connectivity index (χ1v) is 14.6. The highest BCUT2D eigenvalue weighted by Crippen LogP contribution is 2.52. The molecule has 0 amide bonds. The fourth-order valence-electron chi connectivity index (χ4n) is 6.18. The van der Waals surface area contributed by atoms with Gasteiger partial charge in [-0.3, -0.25) is 0 Å². The number of carboxylic acid groups (broad SMARTS) is 1. The molecule has 3 aliphatic rings. The van der Waals surface area contributed by atoms with Crippen molar-refractivity contribution in [3.63, 3.8) is 0 Å². The molecule has 3 fully saturated rings. The number of ether oxygens (including phenoxy) is 1. The molecule has 210 valence electrons. The standard InChI is InChI=1S/C32H39N5O3/c1-20(21-7-3-2-4-8-21)40-26-12-6-10-23(16-26)22-9-5-11-25(15-22)37-31(29(18-35-37)32(38)39)28-17-27(28)30(33)19-36(34)24-13-14-24/h5-6,9-12,15-16,18-21,24,27-28H,2-4,7-8,13-14,17,33-34H2,1H3,(H,38,39)/b30-19-/t20?,27?,28-/m1/s1. The van der Waals surface area contributed by atoms with Gasteiger partial charge in [0.1, 0.15) is 11.3 Å². The second-order valence-electron chi connectivity index (χ2n) is 11.7. The topological polar surface area (TPSA) is 120 Å². The molecule has 0 saturated heterocycles. The van der Waals surface area contributed by atoms with Gasteiger partial charge in [-0.15, -0.1) is 0 Å². The van der Waals surface area contributed by atoms with Gasteiger partial charge in [-0.25, -0.2) is 15.3 Å². The van der Waals surface area contributed by atoms with Crippen molar-refractivity contribution in [2.75, 3.05) is 0 Å². The van der Waals surface area contributed by atoms with Crippen molar-refractivity contribution in [3.8, 4) is 22.6 Å². The summed E-state index contributed by atoms with van der Waals surface area (Å²) in [5.41, 5.74) is 10.9. The molecular formula is C32H39N5O3. The molecule has 5 N–H and O–H groups in total. The van der Waals surface area contributed by atoms with Gasteiger partial charge in [0.2, 0.25) is 0 Å². The van der Waals surface area contributed by atoms with Crippen LogP contribution in [0.3, 0.4) is 0 Å². The Morgan fingerprint density at radius 2 is 1.82 bits per heavy atom. The molecule has 6 rings (SSSR count). The Hall–Kier alpha value is -3.78. The molecule has 2 unspecified atom stereocenters. The SMILES string of the molecule is CC(Oc1cccc(-c2cccc(-n3ncc(C(=O)O)c3[C@@H]3CC3/C(N)=C/N(N)C3CC3)c2)c1)C1CCCCC1. The molecule has 2 aromatic carbocycles. The summed E-state index contributed by atoms with van der Waals surface area (Å²) in [6.45, 7) is 2.19. The number of carboxylic acids is 1. The van der Waals surface area contributed by atoms with E-state index in [0.717, 1.165) is 41.8 Å². The summed E-state index contributed by atoms with van der Waals surface area (Å²) in [5, 5.41) is 16.2. The Morgan fingerprint density at radius 1 is 1.10 bits per heavy atom. The summed E-state index contributed by atoms with van der Waals surface area (Å²) in [7, 11) is 0. The normalized spacial score (nSPS) is 22.1. The van der Waals surface area contributed by atoms with Gasteiger partial charge >= 0.3 is 5.97 Å². The van der Waals surface area contributed by atoms with Crippen LogP contribution in [0.15, 0.2) is 66.6 Å². The number of hydrogen-bond acceptors (Lipinski definition) is 6. The van der Waals surface area contributed by atoms with E-state index in [1.165, 1.54) is 38.3 Å². The monoisotopic (exact) mass is 541 g/mol. The second kappa shape index (κ2) is 11.0. The number of rotatable bonds is 10. The highest BCUT2D eigenvalue weighted by molar-refractivity contribution is 5.89. The average Bonchev–Trinajstić information content (AvgIpc) is 3.90. The predicted octanol–water partition coefficient (Wildman–Crippen LogP) is 5.83. The van der Waals surface area contributed by atoms with Crippen LogP contribution in [-0.2, 0) is 0 Å². The van der Waals surface area contributed by atoms with Crippen LogP contribution in [0.4, 0.5) is 0 Å². The summed E-state index contributed by atoms with van der Waals surface area (Å²) in [6, 6.07) is 16.6. The van der Waals surface area contributed by atoms with Crippen molar-refractivity contribution in [3.05, 3.63) is 77.9 Å². The van der Waals surface area contributed by atoms with Crippen LogP contribution in [0, 0.1) is 11.8 Å². The van der Waals surface area contributed by atoms with Gasteiger partial charge in [0.25, 0.3) is 0 Å². The third kappa shape index (κ3) is 5.59. The van der Waals surface area contributed by atoms with E-state index in [1.807, 2.05) is 30.5 Å². The largest absolute Gasteiger partial charge is 0.490 e.